The van der Waals surface area contributed by atoms with E-state index in [0.717, 1.165) is 41.4 Å². The number of hydrogen-bond acceptors (Lipinski definition) is 5. The second-order valence-electron chi connectivity index (χ2n) is 6.67. The molecule has 3 aromatic rings. The van der Waals surface area contributed by atoms with Gasteiger partial charge in [0.15, 0.2) is 11.0 Å². The van der Waals surface area contributed by atoms with Crippen LogP contribution in [0.2, 0.25) is 5.02 Å². The third kappa shape index (κ3) is 3.93. The number of ether oxygens (including phenoxy) is 1. The quantitative estimate of drug-likeness (QED) is 0.575. The molecule has 0 aliphatic heterocycles. The fraction of sp³-hybridized carbons (Fsp3) is 0.286. The molecule has 2 aromatic carbocycles. The molecule has 0 spiro atoms. The summed E-state index contributed by atoms with van der Waals surface area (Å²) in [7, 11) is 1.64. The van der Waals surface area contributed by atoms with E-state index in [1.807, 2.05) is 53.1 Å². The summed E-state index contributed by atoms with van der Waals surface area (Å²) in [6.07, 6.45) is 3.59. The Morgan fingerprint density at radius 2 is 1.82 bits per heavy atom. The maximum Gasteiger partial charge on any atom is 0.196 e. The fourth-order valence-electron chi connectivity index (χ4n) is 3.30. The first kappa shape index (κ1) is 19.0. The van der Waals surface area contributed by atoms with E-state index < -0.39 is 0 Å². The topological polar surface area (TPSA) is 57.0 Å². The first-order chi connectivity index (χ1) is 13.7. The molecule has 7 heteroatoms. The molecule has 0 radical (unpaired) electrons. The lowest BCUT2D eigenvalue weighted by Gasteiger charge is -2.20. The highest BCUT2D eigenvalue weighted by Gasteiger charge is 2.27. The van der Waals surface area contributed by atoms with Gasteiger partial charge in [-0.05, 0) is 61.4 Å². The molecule has 5 nitrogen and oxygen atoms in total. The van der Waals surface area contributed by atoms with Gasteiger partial charge in [0.1, 0.15) is 11.5 Å². The van der Waals surface area contributed by atoms with Gasteiger partial charge in [-0.3, -0.25) is 9.36 Å². The van der Waals surface area contributed by atoms with E-state index in [1.165, 1.54) is 11.8 Å². The zero-order valence-electron chi connectivity index (χ0n) is 15.5. The molecule has 1 aliphatic carbocycles. The summed E-state index contributed by atoms with van der Waals surface area (Å²) in [4.78, 5) is 12.3. The number of ketones is 1. The molecule has 1 unspecified atom stereocenters. The molecule has 1 atom stereocenters. The molecule has 1 heterocycles. The Hall–Kier alpha value is -2.31. The van der Waals surface area contributed by atoms with E-state index in [-0.39, 0.29) is 5.25 Å². The van der Waals surface area contributed by atoms with Crippen molar-refractivity contribution < 1.29 is 9.53 Å². The zero-order chi connectivity index (χ0) is 19.5. The van der Waals surface area contributed by atoms with E-state index in [4.69, 9.17) is 16.3 Å². The van der Waals surface area contributed by atoms with Crippen molar-refractivity contribution in [1.29, 1.82) is 0 Å². The maximum absolute atomic E-state index is 12.3. The Labute approximate surface area is 173 Å². The summed E-state index contributed by atoms with van der Waals surface area (Å²) in [5, 5.41) is 10.2. The van der Waals surface area contributed by atoms with Crippen LogP contribution < -0.4 is 4.74 Å². The van der Waals surface area contributed by atoms with E-state index in [2.05, 4.69) is 10.2 Å². The predicted octanol–water partition coefficient (Wildman–Crippen LogP) is 5.20. The number of aromatic nitrogens is 3. The zero-order valence-corrected chi connectivity index (χ0v) is 17.0. The smallest absolute Gasteiger partial charge is 0.196 e. The first-order valence-electron chi connectivity index (χ1n) is 9.21. The number of thioether (sulfide) groups is 1. The third-order valence-electron chi connectivity index (χ3n) is 4.81. The van der Waals surface area contributed by atoms with Crippen LogP contribution >= 0.6 is 23.4 Å². The average molecular weight is 414 g/mol. The van der Waals surface area contributed by atoms with Crippen molar-refractivity contribution in [3.05, 3.63) is 53.6 Å². The number of benzene rings is 2. The molecule has 1 aliphatic rings. The molecule has 144 valence electrons. The van der Waals surface area contributed by atoms with Gasteiger partial charge in [0, 0.05) is 22.7 Å². The molecular formula is C21H20ClN3O2S. The lowest BCUT2D eigenvalue weighted by atomic mass is 9.99. The second kappa shape index (κ2) is 8.37. The predicted molar refractivity (Wildman–Crippen MR) is 111 cm³/mol. The summed E-state index contributed by atoms with van der Waals surface area (Å²) in [6.45, 7) is 0. The molecule has 0 bridgehead atoms. The number of Topliss-reactive ketones (excluding diaryl/α,β-unsaturated/α-hetero) is 1. The highest BCUT2D eigenvalue weighted by Crippen LogP contribution is 2.35. The summed E-state index contributed by atoms with van der Waals surface area (Å²) < 4.78 is 7.27. The van der Waals surface area contributed by atoms with Crippen LogP contribution in [0.15, 0.2) is 53.7 Å². The molecular weight excluding hydrogens is 394 g/mol. The number of nitrogens with zero attached hydrogens (tertiary/aromatic N) is 3. The molecule has 1 aromatic heterocycles. The highest BCUT2D eigenvalue weighted by atomic mass is 35.5. The van der Waals surface area contributed by atoms with E-state index in [0.29, 0.717) is 23.1 Å². The summed E-state index contributed by atoms with van der Waals surface area (Å²) in [5.41, 5.74) is 1.83. The minimum atomic E-state index is -0.0620. The monoisotopic (exact) mass is 413 g/mol. The Morgan fingerprint density at radius 1 is 1.07 bits per heavy atom. The van der Waals surface area contributed by atoms with Crippen LogP contribution in [0.5, 0.6) is 5.75 Å². The van der Waals surface area contributed by atoms with Gasteiger partial charge in [-0.2, -0.15) is 0 Å². The van der Waals surface area contributed by atoms with E-state index >= 15 is 0 Å². The number of carbonyl (C=O) groups is 1. The number of carbonyl (C=O) groups excluding carboxylic acids is 1. The molecule has 1 saturated carbocycles. The van der Waals surface area contributed by atoms with E-state index in [9.17, 15) is 4.79 Å². The number of rotatable bonds is 5. The number of halogens is 1. The van der Waals surface area contributed by atoms with Crippen molar-refractivity contribution in [2.24, 2.45) is 0 Å². The van der Waals surface area contributed by atoms with Crippen molar-refractivity contribution >= 4 is 29.1 Å². The third-order valence-corrected chi connectivity index (χ3v) is 6.32. The van der Waals surface area contributed by atoms with Crippen LogP contribution in [-0.2, 0) is 4.79 Å². The molecule has 0 N–H and O–H groups in total. The Kier molecular flexibility index (Phi) is 5.69. The number of hydrogen-bond donors (Lipinski definition) is 0. The normalized spacial score (nSPS) is 16.9. The SMILES string of the molecule is COc1ccc(-n2c(SC3CCCCC3=O)nnc2-c2ccc(Cl)cc2)cc1. The Morgan fingerprint density at radius 3 is 2.50 bits per heavy atom. The minimum absolute atomic E-state index is 0.0620. The molecule has 28 heavy (non-hydrogen) atoms. The van der Waals surface area contributed by atoms with Crippen molar-refractivity contribution in [3.63, 3.8) is 0 Å². The van der Waals surface area contributed by atoms with Crippen LogP contribution in [-0.4, -0.2) is 32.9 Å². The maximum atomic E-state index is 12.3. The van der Waals surface area contributed by atoms with E-state index in [1.54, 1.807) is 7.11 Å². The lowest BCUT2D eigenvalue weighted by molar-refractivity contribution is -0.119. The van der Waals surface area contributed by atoms with Gasteiger partial charge in [0.25, 0.3) is 0 Å². The van der Waals surface area contributed by atoms with Gasteiger partial charge in [-0.1, -0.05) is 29.8 Å². The van der Waals surface area contributed by atoms with Crippen LogP contribution in [0, 0.1) is 0 Å². The van der Waals surface area contributed by atoms with Crippen molar-refractivity contribution in [2.45, 2.75) is 36.1 Å². The van der Waals surface area contributed by atoms with Gasteiger partial charge in [-0.15, -0.1) is 10.2 Å². The summed E-state index contributed by atoms with van der Waals surface area (Å²) in [5.74, 6) is 1.79. The summed E-state index contributed by atoms with van der Waals surface area (Å²) >= 11 is 7.55. The second-order valence-corrected chi connectivity index (χ2v) is 8.27. The first-order valence-corrected chi connectivity index (χ1v) is 10.5. The minimum Gasteiger partial charge on any atom is -0.497 e. The largest absolute Gasteiger partial charge is 0.497 e. The molecule has 4 rings (SSSR count). The van der Waals surface area contributed by atoms with Gasteiger partial charge in [0.2, 0.25) is 0 Å². The van der Waals surface area contributed by atoms with Crippen LogP contribution in [0.4, 0.5) is 0 Å². The number of methoxy groups -OCH3 is 1. The Bertz CT molecular complexity index is 970. The standard InChI is InChI=1S/C21H20ClN3O2S/c1-27-17-12-10-16(11-13-17)25-20(14-6-8-15(22)9-7-14)23-24-21(25)28-19-5-3-2-4-18(19)26/h6-13,19H,2-5H2,1H3. The highest BCUT2D eigenvalue weighted by molar-refractivity contribution is 8.00. The fourth-order valence-corrected chi connectivity index (χ4v) is 4.60. The van der Waals surface area contributed by atoms with Crippen LogP contribution in [0.1, 0.15) is 25.7 Å². The molecule has 0 saturated heterocycles. The molecule has 1 fully saturated rings. The van der Waals surface area contributed by atoms with Gasteiger partial charge in [0.05, 0.1) is 12.4 Å². The van der Waals surface area contributed by atoms with Gasteiger partial charge < -0.3 is 4.74 Å². The van der Waals surface area contributed by atoms with Crippen LogP contribution in [0.25, 0.3) is 17.1 Å². The van der Waals surface area contributed by atoms with Crippen molar-refractivity contribution in [2.75, 3.05) is 7.11 Å². The summed E-state index contributed by atoms with van der Waals surface area (Å²) in [6, 6.07) is 15.3. The van der Waals surface area contributed by atoms with Gasteiger partial charge >= 0.3 is 0 Å². The average Bonchev–Trinajstić information content (AvgIpc) is 3.14. The lowest BCUT2D eigenvalue weighted by Crippen LogP contribution is -2.21. The molecule has 0 amide bonds. The van der Waals surface area contributed by atoms with Gasteiger partial charge in [-0.25, -0.2) is 0 Å². The Balaban J connectivity index is 1.77. The van der Waals surface area contributed by atoms with Crippen molar-refractivity contribution in [3.8, 4) is 22.8 Å². The van der Waals surface area contributed by atoms with Crippen LogP contribution in [0.3, 0.4) is 0 Å². The van der Waals surface area contributed by atoms with Crippen molar-refractivity contribution in [1.82, 2.24) is 14.8 Å².